The molecule has 0 radical (unpaired) electrons. The van der Waals surface area contributed by atoms with Gasteiger partial charge in [0, 0.05) is 13.0 Å². The zero-order chi connectivity index (χ0) is 66.7. The number of nitrogens with two attached hydrogens (primary N) is 5. The molecular weight excluding hydrogens is 1160 g/mol. The molecule has 25 N–H and O–H groups in total. The Hall–Kier alpha value is -6.24. The SMILES string of the molecule is CC[C@H](C)CCCCC(=O)N[C@@H](CCN)C(=O)N[C@H](C(=O)N[C@@H](CCN)C(=O)N[C@H]1CCNC(=O)[C@@H]([C@H](C)O)NC(=O)[C@H](CCN)NC(=O)[C@H](CCN)NC(=O)[C@H](CC(C)C)NC(=O)[C@@H](CC(C)C)NC(=O)[C@H](CCN)NC1=O)[C@@H](C)O.O=S(=O)(O)O. The van der Waals surface area contributed by atoms with Crippen LogP contribution in [-0.2, 0) is 63.1 Å². The third-order valence-electron chi connectivity index (χ3n) is 13.7. The summed E-state index contributed by atoms with van der Waals surface area (Å²) in [4.78, 5) is 153. The van der Waals surface area contributed by atoms with E-state index in [1.807, 2.05) is 0 Å². The smallest absolute Gasteiger partial charge is 0.391 e. The summed E-state index contributed by atoms with van der Waals surface area (Å²) in [6, 6.07) is -14.5. The van der Waals surface area contributed by atoms with Gasteiger partial charge in [-0.2, -0.15) is 8.42 Å². The number of hydrogen-bond acceptors (Lipinski definition) is 20. The minimum absolute atomic E-state index is 0.0131. The lowest BCUT2D eigenvalue weighted by molar-refractivity contribution is -0.137. The number of carbonyl (C=O) groups is 11. The Morgan fingerprint density at radius 3 is 1.36 bits per heavy atom. The van der Waals surface area contributed by atoms with Gasteiger partial charge in [0.1, 0.15) is 60.4 Å². The fourth-order valence-electron chi connectivity index (χ4n) is 8.76. The molecule has 1 saturated heterocycles. The Balaban J connectivity index is 0.0000141. The zero-order valence-electron chi connectivity index (χ0n) is 51.5. The molecule has 13 atom stereocenters. The van der Waals surface area contributed by atoms with E-state index in [1.165, 1.54) is 13.8 Å². The maximum atomic E-state index is 14.4. The van der Waals surface area contributed by atoms with E-state index in [1.54, 1.807) is 27.7 Å². The molecule has 1 heterocycles. The summed E-state index contributed by atoms with van der Waals surface area (Å²) in [6.07, 6.45) is -0.760. The van der Waals surface area contributed by atoms with Crippen molar-refractivity contribution in [3.05, 3.63) is 0 Å². The highest BCUT2D eigenvalue weighted by Gasteiger charge is 2.37. The van der Waals surface area contributed by atoms with Gasteiger partial charge in [0.25, 0.3) is 0 Å². The van der Waals surface area contributed by atoms with Crippen molar-refractivity contribution in [2.45, 2.75) is 211 Å². The first-order valence-electron chi connectivity index (χ1n) is 29.5. The summed E-state index contributed by atoms with van der Waals surface area (Å²) in [5.74, 6) is -9.49. The second-order valence-corrected chi connectivity index (χ2v) is 23.3. The first-order chi connectivity index (χ1) is 40.7. The minimum Gasteiger partial charge on any atom is -0.391 e. The van der Waals surface area contributed by atoms with Crippen molar-refractivity contribution in [2.75, 3.05) is 39.3 Å². The van der Waals surface area contributed by atoms with Crippen LogP contribution in [0.5, 0.6) is 0 Å². The van der Waals surface area contributed by atoms with E-state index < -0.39 is 161 Å². The number of rotatable bonds is 29. The summed E-state index contributed by atoms with van der Waals surface area (Å²) in [5.41, 5.74) is 29.2. The molecule has 1 rings (SSSR count). The first-order valence-corrected chi connectivity index (χ1v) is 30.9. The molecule has 33 nitrogen and oxygen atoms in total. The number of aliphatic hydroxyl groups excluding tert-OH is 2. The van der Waals surface area contributed by atoms with Gasteiger partial charge in [-0.15, -0.1) is 0 Å². The third kappa shape index (κ3) is 33.6. The lowest BCUT2D eigenvalue weighted by atomic mass is 9.99. The molecule has 0 aromatic carbocycles. The van der Waals surface area contributed by atoms with Crippen molar-refractivity contribution in [3.63, 3.8) is 0 Å². The molecule has 0 aromatic rings. The van der Waals surface area contributed by atoms with E-state index in [0.717, 1.165) is 19.3 Å². The second-order valence-electron chi connectivity index (χ2n) is 22.4. The Morgan fingerprint density at radius 2 is 0.954 bits per heavy atom. The summed E-state index contributed by atoms with van der Waals surface area (Å²) in [7, 11) is -4.67. The average molecular weight is 1270 g/mol. The van der Waals surface area contributed by atoms with Gasteiger partial charge in [0.2, 0.25) is 65.0 Å². The maximum Gasteiger partial charge on any atom is 0.394 e. The Kier molecular flexibility index (Phi) is 39.6. The van der Waals surface area contributed by atoms with E-state index >= 15 is 0 Å². The molecule has 1 fully saturated rings. The van der Waals surface area contributed by atoms with E-state index in [4.69, 9.17) is 46.2 Å². The van der Waals surface area contributed by atoms with Crippen LogP contribution in [0.2, 0.25) is 0 Å². The van der Waals surface area contributed by atoms with Gasteiger partial charge in [0.05, 0.1) is 12.2 Å². The zero-order valence-corrected chi connectivity index (χ0v) is 52.3. The second kappa shape index (κ2) is 42.6. The van der Waals surface area contributed by atoms with Crippen LogP contribution >= 0.6 is 0 Å². The van der Waals surface area contributed by atoms with Gasteiger partial charge in [-0.05, 0) is 122 Å². The molecule has 11 amide bonds. The van der Waals surface area contributed by atoms with Gasteiger partial charge in [0.15, 0.2) is 0 Å². The number of carbonyl (C=O) groups excluding carboxylic acids is 11. The van der Waals surface area contributed by atoms with Crippen molar-refractivity contribution in [3.8, 4) is 0 Å². The van der Waals surface area contributed by atoms with Crippen molar-refractivity contribution >= 4 is 75.4 Å². The van der Waals surface area contributed by atoms with Gasteiger partial charge < -0.3 is 97.4 Å². The van der Waals surface area contributed by atoms with Crippen LogP contribution < -0.4 is 87.2 Å². The third-order valence-corrected chi connectivity index (χ3v) is 13.7. The highest BCUT2D eigenvalue weighted by Crippen LogP contribution is 2.14. The lowest BCUT2D eigenvalue weighted by Crippen LogP contribution is -2.62. The molecule has 34 heteroatoms. The van der Waals surface area contributed by atoms with Crippen LogP contribution in [0, 0.1) is 17.8 Å². The van der Waals surface area contributed by atoms with Crippen molar-refractivity contribution in [1.29, 1.82) is 0 Å². The predicted molar refractivity (Wildman–Crippen MR) is 320 cm³/mol. The Labute approximate surface area is 509 Å². The van der Waals surface area contributed by atoms with Crippen molar-refractivity contribution in [1.82, 2.24) is 58.5 Å². The highest BCUT2D eigenvalue weighted by molar-refractivity contribution is 7.79. The Morgan fingerprint density at radius 1 is 0.540 bits per heavy atom. The molecule has 0 aromatic heterocycles. The largest absolute Gasteiger partial charge is 0.394 e. The van der Waals surface area contributed by atoms with Gasteiger partial charge in [-0.1, -0.05) is 60.8 Å². The average Bonchev–Trinajstić information content (AvgIpc) is 2.81. The Bertz CT molecular complexity index is 2310. The maximum absolute atomic E-state index is 14.4. The molecule has 1 aliphatic heterocycles. The quantitative estimate of drug-likeness (QED) is 0.0245. The topological polar surface area (TPSA) is 565 Å². The minimum atomic E-state index is -4.67. The monoisotopic (exact) mass is 1270 g/mol. The fraction of sp³-hybridized carbons (Fsp3) is 0.792. The van der Waals surface area contributed by atoms with Gasteiger partial charge >= 0.3 is 10.4 Å². The molecule has 0 unspecified atom stereocenters. The molecule has 0 spiro atoms. The first kappa shape index (κ1) is 80.8. The van der Waals surface area contributed by atoms with Crippen LogP contribution in [0.15, 0.2) is 0 Å². The molecule has 0 bridgehead atoms. The predicted octanol–water partition coefficient (Wildman–Crippen LogP) is -6.09. The van der Waals surface area contributed by atoms with Crippen LogP contribution in [0.1, 0.15) is 139 Å². The number of hydrogen-bond donors (Lipinski definition) is 20. The number of aliphatic hydroxyl groups is 2. The molecular formula is C53H102N16O17S. The normalized spacial score (nSPS) is 22.7. The fourth-order valence-corrected chi connectivity index (χ4v) is 8.76. The van der Waals surface area contributed by atoms with Gasteiger partial charge in [-0.25, -0.2) is 0 Å². The summed E-state index contributed by atoms with van der Waals surface area (Å²) >= 11 is 0. The van der Waals surface area contributed by atoms with E-state index in [9.17, 15) is 63.0 Å². The van der Waals surface area contributed by atoms with Crippen LogP contribution in [-0.4, -0.2) is 205 Å². The molecule has 502 valence electrons. The lowest BCUT2D eigenvalue weighted by Gasteiger charge is -2.29. The number of amides is 11. The summed E-state index contributed by atoms with van der Waals surface area (Å²) in [6.45, 7) is 12.6. The molecule has 87 heavy (non-hydrogen) atoms. The van der Waals surface area contributed by atoms with Gasteiger partial charge in [-0.3, -0.25) is 61.8 Å². The number of nitrogens with one attached hydrogen (secondary N) is 11. The summed E-state index contributed by atoms with van der Waals surface area (Å²) in [5, 5.41) is 49.5. The van der Waals surface area contributed by atoms with Crippen molar-refractivity contribution < 1.29 is 80.5 Å². The number of unbranched alkanes of at least 4 members (excludes halogenated alkanes) is 1. The van der Waals surface area contributed by atoms with Crippen molar-refractivity contribution in [2.24, 2.45) is 46.4 Å². The summed E-state index contributed by atoms with van der Waals surface area (Å²) < 4.78 is 31.6. The molecule has 0 saturated carbocycles. The van der Waals surface area contributed by atoms with Crippen LogP contribution in [0.25, 0.3) is 0 Å². The molecule has 0 aliphatic carbocycles. The highest BCUT2D eigenvalue weighted by atomic mass is 32.3. The molecule has 1 aliphatic rings. The van der Waals surface area contributed by atoms with E-state index in [-0.39, 0.29) is 95.9 Å². The van der Waals surface area contributed by atoms with Crippen LogP contribution in [0.3, 0.4) is 0 Å². The van der Waals surface area contributed by atoms with E-state index in [0.29, 0.717) is 12.3 Å². The van der Waals surface area contributed by atoms with E-state index in [2.05, 4.69) is 72.3 Å². The standard InChI is InChI=1S/C53H100N16O13.H2O4S/c1-9-30(6)12-10-11-13-41(72)60-33(14-20-54)48(77)69-43(32(8)71)53(82)65-36(17-23-57)45(74)64-38-19-25-59-52(81)42(31(7)70)68-49(78)37(18-24-58)62-44(73)34(15-21-55)63-50(79)39(26-28(2)3)67-51(80)40(27-29(4)5)66-46(75)35(16-22-56)61-47(38)76;1-5(2,3)4/h28-40,42-43,70-71H,9-27,54-58H2,1-8H3,(H,59,81)(H,60,72)(H,61,76)(H,62,73)(H,63,79)(H,64,74)(H,65,82)(H,66,75)(H,67,80)(H,68,78)(H,69,77);(H2,1,2,3,4)/t30-,31-,32+,33-,34-,35-,36-,37-,38-,39-,40+,42+,43-;/m0./s1. The van der Waals surface area contributed by atoms with Crippen LogP contribution in [0.4, 0.5) is 0 Å².